The van der Waals surface area contributed by atoms with Crippen molar-refractivity contribution in [2.24, 2.45) is 0 Å². The molecular weight excluding hydrogens is 268 g/mol. The van der Waals surface area contributed by atoms with Crippen LogP contribution >= 0.6 is 0 Å². The lowest BCUT2D eigenvalue weighted by atomic mass is 10.2. The van der Waals surface area contributed by atoms with E-state index in [2.05, 4.69) is 22.6 Å². The molecule has 21 heavy (non-hydrogen) atoms. The Bertz CT molecular complexity index is 489. The molecule has 1 fully saturated rings. The molecule has 6 heteroatoms. The van der Waals surface area contributed by atoms with Crippen molar-refractivity contribution in [2.45, 2.75) is 32.2 Å². The molecule has 0 saturated heterocycles. The van der Waals surface area contributed by atoms with E-state index in [9.17, 15) is 10.1 Å². The van der Waals surface area contributed by atoms with E-state index in [1.165, 1.54) is 12.8 Å². The molecule has 116 valence electrons. The smallest absolute Gasteiger partial charge is 0.315 e. The number of benzene rings is 1. The molecule has 6 nitrogen and oxygen atoms in total. The Morgan fingerprint density at radius 3 is 2.43 bits per heavy atom. The Balaban J connectivity index is 2.01. The van der Waals surface area contributed by atoms with Gasteiger partial charge in [0, 0.05) is 25.7 Å². The van der Waals surface area contributed by atoms with Crippen molar-refractivity contribution in [1.29, 1.82) is 0 Å². The third-order valence-electron chi connectivity index (χ3n) is 3.73. The van der Waals surface area contributed by atoms with Gasteiger partial charge in [-0.1, -0.05) is 13.0 Å². The molecule has 0 unspecified atom stereocenters. The maximum atomic E-state index is 11.3. The van der Waals surface area contributed by atoms with Gasteiger partial charge in [0.1, 0.15) is 11.4 Å². The number of likely N-dealkylation sites (N-methyl/N-ethyl adjacent to an activating group) is 1. The normalized spacial score (nSPS) is 14.2. The predicted molar refractivity (Wildman–Crippen MR) is 86.0 cm³/mol. The minimum Gasteiger partial charge on any atom is -0.379 e. The predicted octanol–water partition coefficient (Wildman–Crippen LogP) is 2.92. The van der Waals surface area contributed by atoms with E-state index < -0.39 is 0 Å². The molecule has 2 rings (SSSR count). The van der Waals surface area contributed by atoms with E-state index in [1.807, 2.05) is 13.0 Å². The van der Waals surface area contributed by atoms with Crippen LogP contribution in [0.2, 0.25) is 0 Å². The fourth-order valence-corrected chi connectivity index (χ4v) is 2.35. The summed E-state index contributed by atoms with van der Waals surface area (Å²) in [5.74, 6) is 0. The third kappa shape index (κ3) is 4.32. The first kappa shape index (κ1) is 15.6. The summed E-state index contributed by atoms with van der Waals surface area (Å²) < 4.78 is 0. The SMILES string of the molecule is CCCNc1cccc(NCCN(C)C2CC2)c1[N+](=O)[O-]. The summed E-state index contributed by atoms with van der Waals surface area (Å²) in [5.41, 5.74) is 1.31. The van der Waals surface area contributed by atoms with E-state index in [0.29, 0.717) is 24.0 Å². The fraction of sp³-hybridized carbons (Fsp3) is 0.600. The number of nitro groups is 1. The highest BCUT2D eigenvalue weighted by Crippen LogP contribution is 2.32. The van der Waals surface area contributed by atoms with Gasteiger partial charge in [-0.25, -0.2) is 0 Å². The van der Waals surface area contributed by atoms with Gasteiger partial charge in [0.15, 0.2) is 0 Å². The van der Waals surface area contributed by atoms with Gasteiger partial charge in [0.25, 0.3) is 0 Å². The molecule has 1 aromatic rings. The number of hydrogen-bond acceptors (Lipinski definition) is 5. The number of para-hydroxylation sites is 1. The number of hydrogen-bond donors (Lipinski definition) is 2. The molecule has 0 aliphatic heterocycles. The number of rotatable bonds is 9. The van der Waals surface area contributed by atoms with Gasteiger partial charge < -0.3 is 15.5 Å². The summed E-state index contributed by atoms with van der Waals surface area (Å²) in [7, 11) is 2.10. The average Bonchev–Trinajstić information content (AvgIpc) is 3.29. The van der Waals surface area contributed by atoms with Crippen LogP contribution in [0.15, 0.2) is 18.2 Å². The summed E-state index contributed by atoms with van der Waals surface area (Å²) in [4.78, 5) is 13.3. The van der Waals surface area contributed by atoms with E-state index in [4.69, 9.17) is 0 Å². The van der Waals surface area contributed by atoms with Crippen LogP contribution < -0.4 is 10.6 Å². The first-order valence-electron chi connectivity index (χ1n) is 7.59. The topological polar surface area (TPSA) is 70.4 Å². The summed E-state index contributed by atoms with van der Waals surface area (Å²) in [6.07, 6.45) is 3.47. The van der Waals surface area contributed by atoms with Gasteiger partial charge in [-0.15, -0.1) is 0 Å². The van der Waals surface area contributed by atoms with Crippen LogP contribution in [0.3, 0.4) is 0 Å². The average molecular weight is 292 g/mol. The van der Waals surface area contributed by atoms with Crippen molar-refractivity contribution in [3.8, 4) is 0 Å². The fourth-order valence-electron chi connectivity index (χ4n) is 2.35. The maximum absolute atomic E-state index is 11.3. The highest BCUT2D eigenvalue weighted by Gasteiger charge is 2.25. The lowest BCUT2D eigenvalue weighted by molar-refractivity contribution is -0.383. The molecular formula is C15H24N4O2. The molecule has 0 aromatic heterocycles. The van der Waals surface area contributed by atoms with Crippen LogP contribution in [-0.4, -0.2) is 42.5 Å². The molecule has 0 radical (unpaired) electrons. The number of nitrogens with zero attached hydrogens (tertiary/aromatic N) is 2. The first-order chi connectivity index (χ1) is 10.1. The second-order valence-electron chi connectivity index (χ2n) is 5.52. The largest absolute Gasteiger partial charge is 0.379 e. The third-order valence-corrected chi connectivity index (χ3v) is 3.73. The molecule has 1 aliphatic carbocycles. The van der Waals surface area contributed by atoms with Gasteiger partial charge in [-0.05, 0) is 38.4 Å². The van der Waals surface area contributed by atoms with Crippen LogP contribution in [0.5, 0.6) is 0 Å². The van der Waals surface area contributed by atoms with Gasteiger partial charge in [-0.2, -0.15) is 0 Å². The summed E-state index contributed by atoms with van der Waals surface area (Å²) in [6.45, 7) is 4.38. The second-order valence-corrected chi connectivity index (χ2v) is 5.52. The van der Waals surface area contributed by atoms with Gasteiger partial charge in [-0.3, -0.25) is 10.1 Å². The number of nitro benzene ring substituents is 1. The first-order valence-corrected chi connectivity index (χ1v) is 7.59. The minimum atomic E-state index is -0.315. The Morgan fingerprint density at radius 1 is 1.29 bits per heavy atom. The van der Waals surface area contributed by atoms with Crippen LogP contribution in [0.1, 0.15) is 26.2 Å². The molecule has 1 aliphatic rings. The number of anilines is 2. The molecule has 0 bridgehead atoms. The van der Waals surface area contributed by atoms with Crippen LogP contribution in [-0.2, 0) is 0 Å². The summed E-state index contributed by atoms with van der Waals surface area (Å²) >= 11 is 0. The lowest BCUT2D eigenvalue weighted by Crippen LogP contribution is -2.27. The van der Waals surface area contributed by atoms with Crippen molar-refractivity contribution < 1.29 is 4.92 Å². The standard InChI is InChI=1S/C15H24N4O2/c1-3-9-16-13-5-4-6-14(15(13)19(20)21)17-10-11-18(2)12-7-8-12/h4-6,12,16-17H,3,7-11H2,1-2H3. The van der Waals surface area contributed by atoms with Crippen LogP contribution in [0, 0.1) is 10.1 Å². The molecule has 0 atom stereocenters. The Labute approximate surface area is 125 Å². The van der Waals surface area contributed by atoms with Gasteiger partial charge in [0.05, 0.1) is 4.92 Å². The zero-order chi connectivity index (χ0) is 15.2. The quantitative estimate of drug-likeness (QED) is 0.541. The lowest BCUT2D eigenvalue weighted by Gasteiger charge is -2.17. The van der Waals surface area contributed by atoms with Crippen molar-refractivity contribution in [3.63, 3.8) is 0 Å². The zero-order valence-electron chi connectivity index (χ0n) is 12.8. The Hall–Kier alpha value is -1.82. The monoisotopic (exact) mass is 292 g/mol. The summed E-state index contributed by atoms with van der Waals surface area (Å²) in [6, 6.07) is 6.08. The highest BCUT2D eigenvalue weighted by molar-refractivity contribution is 5.76. The summed E-state index contributed by atoms with van der Waals surface area (Å²) in [5, 5.41) is 17.7. The zero-order valence-corrected chi connectivity index (χ0v) is 12.8. The maximum Gasteiger partial charge on any atom is 0.315 e. The molecule has 1 saturated carbocycles. The minimum absolute atomic E-state index is 0.139. The number of nitrogens with one attached hydrogen (secondary N) is 2. The highest BCUT2D eigenvalue weighted by atomic mass is 16.6. The second kappa shape index (κ2) is 7.26. The van der Waals surface area contributed by atoms with Crippen molar-refractivity contribution in [3.05, 3.63) is 28.3 Å². The Morgan fingerprint density at radius 2 is 1.90 bits per heavy atom. The van der Waals surface area contributed by atoms with E-state index in [0.717, 1.165) is 19.5 Å². The van der Waals surface area contributed by atoms with E-state index in [-0.39, 0.29) is 10.6 Å². The van der Waals surface area contributed by atoms with Crippen LogP contribution in [0.4, 0.5) is 17.1 Å². The van der Waals surface area contributed by atoms with Crippen molar-refractivity contribution >= 4 is 17.1 Å². The molecule has 0 spiro atoms. The van der Waals surface area contributed by atoms with Crippen LogP contribution in [0.25, 0.3) is 0 Å². The van der Waals surface area contributed by atoms with Crippen molar-refractivity contribution in [2.75, 3.05) is 37.3 Å². The van der Waals surface area contributed by atoms with Crippen molar-refractivity contribution in [1.82, 2.24) is 4.90 Å². The van der Waals surface area contributed by atoms with Gasteiger partial charge in [0.2, 0.25) is 0 Å². The Kier molecular flexibility index (Phi) is 5.38. The molecule has 1 aromatic carbocycles. The molecule has 0 heterocycles. The molecule has 2 N–H and O–H groups in total. The van der Waals surface area contributed by atoms with E-state index in [1.54, 1.807) is 12.1 Å². The molecule has 0 amide bonds. The van der Waals surface area contributed by atoms with Gasteiger partial charge >= 0.3 is 5.69 Å². The van der Waals surface area contributed by atoms with E-state index >= 15 is 0 Å².